The summed E-state index contributed by atoms with van der Waals surface area (Å²) in [5, 5.41) is 6.07. The molecule has 0 heterocycles. The van der Waals surface area contributed by atoms with Gasteiger partial charge in [-0.2, -0.15) is 0 Å². The molecule has 1 aromatic rings. The van der Waals surface area contributed by atoms with E-state index in [-0.39, 0.29) is 5.91 Å². The van der Waals surface area contributed by atoms with Crippen LogP contribution in [0.4, 0.5) is 5.69 Å². The number of hydrogen-bond donors (Lipinski definition) is 2. The van der Waals surface area contributed by atoms with E-state index >= 15 is 0 Å². The van der Waals surface area contributed by atoms with Gasteiger partial charge in [0, 0.05) is 6.42 Å². The number of nitrogens with one attached hydrogen (secondary N) is 2. The quantitative estimate of drug-likeness (QED) is 0.809. The van der Waals surface area contributed by atoms with Crippen LogP contribution in [0.1, 0.15) is 44.9 Å². The maximum Gasteiger partial charge on any atom is 0.226 e. The first-order valence-electron chi connectivity index (χ1n) is 7.93. The minimum atomic E-state index is -0.0158. The summed E-state index contributed by atoms with van der Waals surface area (Å²) >= 11 is 5.19. The first-order chi connectivity index (χ1) is 10.7. The van der Waals surface area contributed by atoms with Crippen molar-refractivity contribution >= 4 is 28.9 Å². The lowest BCUT2D eigenvalue weighted by atomic mass is 9.86. The zero-order valence-electron chi connectivity index (χ0n) is 13.1. The number of anilines is 1. The number of carbonyl (C=O) groups excluding carboxylic acids is 1. The summed E-state index contributed by atoms with van der Waals surface area (Å²) in [5.74, 6) is 1.38. The number of methoxy groups -OCH3 is 1. The van der Waals surface area contributed by atoms with Gasteiger partial charge in [0.25, 0.3) is 0 Å². The Labute approximate surface area is 137 Å². The number of ether oxygens (including phenoxy) is 1. The summed E-state index contributed by atoms with van der Waals surface area (Å²) in [7, 11) is 1.60. The summed E-state index contributed by atoms with van der Waals surface area (Å²) in [4.78, 5) is 12.0. The van der Waals surface area contributed by atoms with Crippen LogP contribution in [0.25, 0.3) is 0 Å². The molecule has 1 fully saturated rings. The Morgan fingerprint density at radius 3 is 2.73 bits per heavy atom. The van der Waals surface area contributed by atoms with E-state index in [0.29, 0.717) is 23.2 Å². The van der Waals surface area contributed by atoms with Crippen LogP contribution in [0.2, 0.25) is 0 Å². The highest BCUT2D eigenvalue weighted by Gasteiger charge is 2.15. The molecule has 0 saturated heterocycles. The van der Waals surface area contributed by atoms with E-state index in [1.807, 2.05) is 24.3 Å². The number of rotatable bonds is 5. The number of para-hydroxylation sites is 2. The Bertz CT molecular complexity index is 513. The van der Waals surface area contributed by atoms with Crippen LogP contribution < -0.4 is 15.4 Å². The van der Waals surface area contributed by atoms with Crippen LogP contribution in [-0.4, -0.2) is 18.1 Å². The molecule has 0 atom stereocenters. The highest BCUT2D eigenvalue weighted by molar-refractivity contribution is 7.80. The van der Waals surface area contributed by atoms with Gasteiger partial charge in [0.2, 0.25) is 5.91 Å². The molecule has 5 heteroatoms. The average Bonchev–Trinajstić information content (AvgIpc) is 2.54. The van der Waals surface area contributed by atoms with Crippen molar-refractivity contribution in [3.05, 3.63) is 24.3 Å². The third kappa shape index (κ3) is 5.30. The van der Waals surface area contributed by atoms with E-state index in [9.17, 15) is 4.79 Å². The summed E-state index contributed by atoms with van der Waals surface area (Å²) in [6, 6.07) is 7.48. The van der Waals surface area contributed by atoms with E-state index < -0.39 is 0 Å². The molecule has 0 spiro atoms. The number of amides is 1. The maximum atomic E-state index is 12.0. The van der Waals surface area contributed by atoms with Gasteiger partial charge < -0.3 is 15.4 Å². The van der Waals surface area contributed by atoms with Crippen molar-refractivity contribution in [3.8, 4) is 5.75 Å². The van der Waals surface area contributed by atoms with Crippen LogP contribution in [-0.2, 0) is 4.79 Å². The van der Waals surface area contributed by atoms with Gasteiger partial charge in [-0.05, 0) is 36.7 Å². The predicted molar refractivity (Wildman–Crippen MR) is 93.2 cm³/mol. The van der Waals surface area contributed by atoms with Gasteiger partial charge in [-0.3, -0.25) is 4.79 Å². The second-order valence-corrected chi connectivity index (χ2v) is 6.15. The third-order valence-corrected chi connectivity index (χ3v) is 4.32. The van der Waals surface area contributed by atoms with Crippen molar-refractivity contribution in [3.63, 3.8) is 0 Å². The van der Waals surface area contributed by atoms with Gasteiger partial charge in [-0.15, -0.1) is 0 Å². The molecule has 1 aromatic carbocycles. The molecule has 0 aliphatic heterocycles. The van der Waals surface area contributed by atoms with Gasteiger partial charge >= 0.3 is 0 Å². The lowest BCUT2D eigenvalue weighted by Crippen LogP contribution is -2.34. The fraction of sp³-hybridized carbons (Fsp3) is 0.529. The van der Waals surface area contributed by atoms with Crippen LogP contribution in [0.3, 0.4) is 0 Å². The Kier molecular flexibility index (Phi) is 6.65. The van der Waals surface area contributed by atoms with Crippen LogP contribution in [0.15, 0.2) is 24.3 Å². The van der Waals surface area contributed by atoms with Crippen molar-refractivity contribution in [1.82, 2.24) is 5.32 Å². The van der Waals surface area contributed by atoms with Gasteiger partial charge in [0.05, 0.1) is 12.8 Å². The number of thiocarbonyl (C=S) groups is 1. The molecule has 1 saturated carbocycles. The number of carbonyl (C=O) groups is 1. The molecular weight excluding hydrogens is 296 g/mol. The minimum absolute atomic E-state index is 0.0158. The Morgan fingerprint density at radius 2 is 2.00 bits per heavy atom. The van der Waals surface area contributed by atoms with E-state index in [1.165, 1.54) is 32.1 Å². The van der Waals surface area contributed by atoms with E-state index in [2.05, 4.69) is 10.6 Å². The molecule has 2 N–H and O–H groups in total. The summed E-state index contributed by atoms with van der Waals surface area (Å²) in [5.41, 5.74) is 0.752. The van der Waals surface area contributed by atoms with Gasteiger partial charge in [0.15, 0.2) is 5.11 Å². The molecule has 120 valence electrons. The minimum Gasteiger partial charge on any atom is -0.495 e. The maximum absolute atomic E-state index is 12.0. The van der Waals surface area contributed by atoms with Crippen LogP contribution in [0, 0.1) is 5.92 Å². The molecule has 0 radical (unpaired) electrons. The van der Waals surface area contributed by atoms with E-state index in [1.54, 1.807) is 7.11 Å². The fourth-order valence-electron chi connectivity index (χ4n) is 2.90. The SMILES string of the molecule is COc1ccccc1NC(=S)NC(=O)CCC1CCCCC1. The molecule has 0 unspecified atom stereocenters. The molecular formula is C17H24N2O2S. The van der Waals surface area contributed by atoms with Crippen molar-refractivity contribution in [2.45, 2.75) is 44.9 Å². The molecule has 0 aromatic heterocycles. The average molecular weight is 320 g/mol. The summed E-state index contributed by atoms with van der Waals surface area (Å²) < 4.78 is 5.24. The van der Waals surface area contributed by atoms with Crippen molar-refractivity contribution in [2.75, 3.05) is 12.4 Å². The predicted octanol–water partition coefficient (Wildman–Crippen LogP) is 3.87. The Morgan fingerprint density at radius 1 is 1.27 bits per heavy atom. The Balaban J connectivity index is 1.75. The normalized spacial score (nSPS) is 15.1. The molecule has 4 nitrogen and oxygen atoms in total. The van der Waals surface area contributed by atoms with Crippen LogP contribution >= 0.6 is 12.2 Å². The second kappa shape index (κ2) is 8.73. The van der Waals surface area contributed by atoms with Gasteiger partial charge in [0.1, 0.15) is 5.75 Å². The number of benzene rings is 1. The van der Waals surface area contributed by atoms with Gasteiger partial charge in [-0.25, -0.2) is 0 Å². The van der Waals surface area contributed by atoms with E-state index in [4.69, 9.17) is 17.0 Å². The standard InChI is InChI=1S/C17H24N2O2S/c1-21-15-10-6-5-9-14(15)18-17(22)19-16(20)12-11-13-7-3-2-4-8-13/h5-6,9-10,13H,2-4,7-8,11-12H2,1H3,(H2,18,19,20,22). The fourth-order valence-corrected chi connectivity index (χ4v) is 3.13. The summed E-state index contributed by atoms with van der Waals surface area (Å²) in [6.07, 6.45) is 7.98. The lowest BCUT2D eigenvalue weighted by Gasteiger charge is -2.21. The zero-order valence-corrected chi connectivity index (χ0v) is 13.9. The largest absolute Gasteiger partial charge is 0.495 e. The third-order valence-electron chi connectivity index (χ3n) is 4.11. The summed E-state index contributed by atoms with van der Waals surface area (Å²) in [6.45, 7) is 0. The molecule has 1 amide bonds. The van der Waals surface area contributed by atoms with Crippen molar-refractivity contribution in [2.24, 2.45) is 5.92 Å². The first-order valence-corrected chi connectivity index (χ1v) is 8.33. The van der Waals surface area contributed by atoms with Gasteiger partial charge in [-0.1, -0.05) is 44.2 Å². The smallest absolute Gasteiger partial charge is 0.226 e. The van der Waals surface area contributed by atoms with Crippen molar-refractivity contribution < 1.29 is 9.53 Å². The van der Waals surface area contributed by atoms with Crippen molar-refractivity contribution in [1.29, 1.82) is 0 Å². The molecule has 2 rings (SSSR count). The first kappa shape index (κ1) is 16.7. The van der Waals surface area contributed by atoms with E-state index in [0.717, 1.165) is 12.1 Å². The topological polar surface area (TPSA) is 50.4 Å². The molecule has 1 aliphatic carbocycles. The molecule has 0 bridgehead atoms. The highest BCUT2D eigenvalue weighted by atomic mass is 32.1. The number of hydrogen-bond acceptors (Lipinski definition) is 3. The molecule has 1 aliphatic rings. The molecule has 22 heavy (non-hydrogen) atoms. The van der Waals surface area contributed by atoms with Crippen LogP contribution in [0.5, 0.6) is 5.75 Å². The zero-order chi connectivity index (χ0) is 15.8. The lowest BCUT2D eigenvalue weighted by molar-refractivity contribution is -0.120. The highest BCUT2D eigenvalue weighted by Crippen LogP contribution is 2.27. The monoisotopic (exact) mass is 320 g/mol. The Hall–Kier alpha value is -1.62. The second-order valence-electron chi connectivity index (χ2n) is 5.75.